The molecule has 0 fully saturated rings. The van der Waals surface area contributed by atoms with E-state index in [1.54, 1.807) is 0 Å². The highest BCUT2D eigenvalue weighted by atomic mass is 16.1. The van der Waals surface area contributed by atoms with Crippen molar-refractivity contribution in [2.75, 3.05) is 0 Å². The summed E-state index contributed by atoms with van der Waals surface area (Å²) in [6, 6.07) is 8.15. The smallest absolute Gasteiger partial charge is 0.224 e. The fourth-order valence-electron chi connectivity index (χ4n) is 2.31. The maximum atomic E-state index is 12.0. The van der Waals surface area contributed by atoms with Gasteiger partial charge in [-0.15, -0.1) is 0 Å². The van der Waals surface area contributed by atoms with Crippen LogP contribution in [0.3, 0.4) is 0 Å². The maximum Gasteiger partial charge on any atom is 0.224 e. The van der Waals surface area contributed by atoms with Crippen molar-refractivity contribution in [2.24, 2.45) is 5.73 Å². The maximum absolute atomic E-state index is 12.0. The minimum Gasteiger partial charge on any atom is -0.353 e. The van der Waals surface area contributed by atoms with Gasteiger partial charge in [0.25, 0.3) is 0 Å². The molecule has 0 radical (unpaired) electrons. The molecule has 96 valence electrons. The number of carbonyl (C=O) groups excluding carboxylic acids is 1. The first-order valence-electron chi connectivity index (χ1n) is 6.51. The molecule has 3 N–H and O–H groups in total. The molecule has 0 saturated heterocycles. The van der Waals surface area contributed by atoms with Gasteiger partial charge in [0.2, 0.25) is 5.91 Å². The molecule has 0 saturated carbocycles. The van der Waals surface area contributed by atoms with Crippen LogP contribution in [0.25, 0.3) is 0 Å². The van der Waals surface area contributed by atoms with E-state index in [2.05, 4.69) is 17.5 Å². The average Bonchev–Trinajstić information content (AvgIpc) is 2.40. The average molecular weight is 244 g/mol. The Labute approximate surface area is 108 Å². The topological polar surface area (TPSA) is 55.1 Å². The molecule has 3 nitrogen and oxygen atoms in total. The van der Waals surface area contributed by atoms with Gasteiger partial charge in [-0.05, 0) is 30.4 Å². The van der Waals surface area contributed by atoms with E-state index in [-0.39, 0.29) is 5.91 Å². The van der Waals surface area contributed by atoms with Crippen LogP contribution in [0.2, 0.25) is 0 Å². The zero-order valence-corrected chi connectivity index (χ0v) is 10.6. The molecule has 3 heteroatoms. The Morgan fingerprint density at radius 3 is 2.72 bits per heavy atom. The highest BCUT2D eigenvalue weighted by molar-refractivity contribution is 5.79. The summed E-state index contributed by atoms with van der Waals surface area (Å²) in [7, 11) is 0. The predicted molar refractivity (Wildman–Crippen MR) is 73.0 cm³/mol. The Hall–Kier alpha value is -1.61. The predicted octanol–water partition coefficient (Wildman–Crippen LogP) is 1.91. The van der Waals surface area contributed by atoms with Crippen molar-refractivity contribution in [3.63, 3.8) is 0 Å². The number of allylic oxidation sites excluding steroid dienone is 1. The van der Waals surface area contributed by atoms with Crippen molar-refractivity contribution < 1.29 is 4.79 Å². The molecule has 0 aliphatic heterocycles. The third-order valence-corrected chi connectivity index (χ3v) is 3.32. The molecule has 1 aromatic carbocycles. The van der Waals surface area contributed by atoms with Gasteiger partial charge in [0, 0.05) is 12.6 Å². The summed E-state index contributed by atoms with van der Waals surface area (Å²) in [6.07, 6.45) is 7.79. The van der Waals surface area contributed by atoms with Crippen LogP contribution in [0.1, 0.15) is 30.4 Å². The second-order valence-electron chi connectivity index (χ2n) is 4.70. The Morgan fingerprint density at radius 2 is 2.06 bits per heavy atom. The molecule has 1 aliphatic carbocycles. The number of hydrogen-bond acceptors (Lipinski definition) is 2. The van der Waals surface area contributed by atoms with Crippen LogP contribution in [-0.2, 0) is 17.8 Å². The van der Waals surface area contributed by atoms with E-state index in [1.165, 1.54) is 0 Å². The Kier molecular flexibility index (Phi) is 4.53. The molecule has 0 heterocycles. The molecule has 18 heavy (non-hydrogen) atoms. The van der Waals surface area contributed by atoms with Gasteiger partial charge < -0.3 is 11.1 Å². The van der Waals surface area contributed by atoms with Crippen LogP contribution in [0.5, 0.6) is 0 Å². The lowest BCUT2D eigenvalue weighted by molar-refractivity contribution is -0.121. The van der Waals surface area contributed by atoms with E-state index in [0.717, 1.165) is 30.4 Å². The van der Waals surface area contributed by atoms with Crippen LogP contribution in [0, 0.1) is 0 Å². The summed E-state index contributed by atoms with van der Waals surface area (Å²) in [5, 5.41) is 3.09. The van der Waals surface area contributed by atoms with Crippen LogP contribution >= 0.6 is 0 Å². The van der Waals surface area contributed by atoms with Gasteiger partial charge in [0.1, 0.15) is 0 Å². The molecule has 0 bridgehead atoms. The lowest BCUT2D eigenvalue weighted by atomic mass is 10.0. The molecule has 1 aliphatic rings. The fraction of sp³-hybridized carbons (Fsp3) is 0.400. The van der Waals surface area contributed by atoms with Crippen molar-refractivity contribution >= 4 is 5.91 Å². The summed E-state index contributed by atoms with van der Waals surface area (Å²) in [6.45, 7) is 0.482. The second kappa shape index (κ2) is 6.36. The fourth-order valence-corrected chi connectivity index (χ4v) is 2.31. The van der Waals surface area contributed by atoms with Crippen molar-refractivity contribution in [1.29, 1.82) is 0 Å². The summed E-state index contributed by atoms with van der Waals surface area (Å²) >= 11 is 0. The number of benzene rings is 1. The molecular weight excluding hydrogens is 224 g/mol. The first-order valence-corrected chi connectivity index (χ1v) is 6.51. The largest absolute Gasteiger partial charge is 0.353 e. The number of hydrogen-bond donors (Lipinski definition) is 2. The summed E-state index contributed by atoms with van der Waals surface area (Å²) in [5.74, 6) is 0.0937. The number of rotatable bonds is 4. The van der Waals surface area contributed by atoms with Crippen molar-refractivity contribution in [1.82, 2.24) is 5.32 Å². The van der Waals surface area contributed by atoms with E-state index in [0.29, 0.717) is 19.0 Å². The number of nitrogens with two attached hydrogens (primary N) is 1. The quantitative estimate of drug-likeness (QED) is 0.795. The van der Waals surface area contributed by atoms with Crippen LogP contribution in [-0.4, -0.2) is 11.9 Å². The normalized spacial score (nSPS) is 18.6. The molecule has 2 rings (SSSR count). The van der Waals surface area contributed by atoms with Crippen LogP contribution in [0.15, 0.2) is 36.4 Å². The van der Waals surface area contributed by atoms with Crippen molar-refractivity contribution in [3.05, 3.63) is 47.5 Å². The lowest BCUT2D eigenvalue weighted by Crippen LogP contribution is -2.36. The minimum absolute atomic E-state index is 0.0937. The highest BCUT2D eigenvalue weighted by Gasteiger charge is 2.13. The van der Waals surface area contributed by atoms with Crippen molar-refractivity contribution in [3.8, 4) is 0 Å². The summed E-state index contributed by atoms with van der Waals surface area (Å²) in [4.78, 5) is 12.0. The van der Waals surface area contributed by atoms with Gasteiger partial charge >= 0.3 is 0 Å². The van der Waals surface area contributed by atoms with Crippen molar-refractivity contribution in [2.45, 2.75) is 38.3 Å². The molecule has 1 amide bonds. The lowest BCUT2D eigenvalue weighted by Gasteiger charge is -2.19. The molecule has 0 aromatic heterocycles. The third-order valence-electron chi connectivity index (χ3n) is 3.32. The summed E-state index contributed by atoms with van der Waals surface area (Å²) < 4.78 is 0. The van der Waals surface area contributed by atoms with Gasteiger partial charge in [0.05, 0.1) is 6.42 Å². The van der Waals surface area contributed by atoms with Gasteiger partial charge in [0.15, 0.2) is 0 Å². The Morgan fingerprint density at radius 1 is 1.28 bits per heavy atom. The molecule has 1 unspecified atom stereocenters. The Bertz CT molecular complexity index is 440. The van der Waals surface area contributed by atoms with Gasteiger partial charge in [-0.2, -0.15) is 0 Å². The van der Waals surface area contributed by atoms with Gasteiger partial charge in [-0.3, -0.25) is 4.79 Å². The zero-order valence-electron chi connectivity index (χ0n) is 10.6. The molecule has 1 aromatic rings. The Balaban J connectivity index is 1.92. The number of nitrogens with one attached hydrogen (secondary N) is 1. The SMILES string of the molecule is NCc1ccccc1CC(=O)NC1CC=CCC1. The van der Waals surface area contributed by atoms with E-state index in [9.17, 15) is 4.79 Å². The van der Waals surface area contributed by atoms with E-state index < -0.39 is 0 Å². The molecule has 1 atom stereocenters. The number of amides is 1. The van der Waals surface area contributed by atoms with Crippen LogP contribution < -0.4 is 11.1 Å². The van der Waals surface area contributed by atoms with E-state index >= 15 is 0 Å². The molecular formula is C15H20N2O. The zero-order chi connectivity index (χ0) is 12.8. The van der Waals surface area contributed by atoms with E-state index in [4.69, 9.17) is 5.73 Å². The summed E-state index contributed by atoms with van der Waals surface area (Å²) in [5.41, 5.74) is 7.75. The standard InChI is InChI=1S/C15H20N2O/c16-11-13-7-5-4-6-12(13)10-15(18)17-14-8-2-1-3-9-14/h1-2,4-7,14H,3,8-11,16H2,(H,17,18). The molecule has 0 spiro atoms. The minimum atomic E-state index is 0.0937. The second-order valence-corrected chi connectivity index (χ2v) is 4.70. The first-order chi connectivity index (χ1) is 8.79. The first kappa shape index (κ1) is 12.8. The van der Waals surface area contributed by atoms with Crippen LogP contribution in [0.4, 0.5) is 0 Å². The third kappa shape index (κ3) is 3.44. The van der Waals surface area contributed by atoms with Gasteiger partial charge in [-0.25, -0.2) is 0 Å². The number of carbonyl (C=O) groups is 1. The van der Waals surface area contributed by atoms with E-state index in [1.807, 2.05) is 24.3 Å². The monoisotopic (exact) mass is 244 g/mol. The van der Waals surface area contributed by atoms with Gasteiger partial charge in [-0.1, -0.05) is 36.4 Å². The highest BCUT2D eigenvalue weighted by Crippen LogP contribution is 2.12.